The van der Waals surface area contributed by atoms with Crippen molar-refractivity contribution in [2.45, 2.75) is 18.6 Å². The predicted octanol–water partition coefficient (Wildman–Crippen LogP) is 1.75. The molecule has 2 nitrogen and oxygen atoms in total. The van der Waals surface area contributed by atoms with Gasteiger partial charge in [-0.3, -0.25) is 0 Å². The highest BCUT2D eigenvalue weighted by Crippen LogP contribution is 2.18. The van der Waals surface area contributed by atoms with Crippen LogP contribution in [0.25, 0.3) is 0 Å². The monoisotopic (exact) mass is 176 g/mol. The quantitative estimate of drug-likeness (QED) is 0.696. The number of ether oxygens (including phenoxy) is 1. The predicted molar refractivity (Wildman–Crippen MR) is 50.6 cm³/mol. The number of aliphatic hydroxyl groups excluding tert-OH is 1. The van der Waals surface area contributed by atoms with Gasteiger partial charge >= 0.3 is 0 Å². The van der Waals surface area contributed by atoms with Crippen molar-refractivity contribution in [3.8, 4) is 5.75 Å². The molecular formula is C11H12O2. The van der Waals surface area contributed by atoms with Gasteiger partial charge in [-0.25, -0.2) is 0 Å². The highest BCUT2D eigenvalue weighted by atomic mass is 16.5. The van der Waals surface area contributed by atoms with Gasteiger partial charge < -0.3 is 9.84 Å². The van der Waals surface area contributed by atoms with E-state index >= 15 is 0 Å². The van der Waals surface area contributed by atoms with Crippen LogP contribution in [0.5, 0.6) is 5.75 Å². The molecule has 13 heavy (non-hydrogen) atoms. The lowest BCUT2D eigenvalue weighted by atomic mass is 10.3. The molecule has 2 heteroatoms. The van der Waals surface area contributed by atoms with Crippen LogP contribution in [0, 0.1) is 0 Å². The third-order valence-electron chi connectivity index (χ3n) is 2.05. The van der Waals surface area contributed by atoms with Crippen LogP contribution in [0.15, 0.2) is 42.5 Å². The van der Waals surface area contributed by atoms with Crippen LogP contribution in [0.1, 0.15) is 6.42 Å². The maximum atomic E-state index is 9.21. The molecule has 1 aromatic carbocycles. The molecule has 1 N–H and O–H groups in total. The van der Waals surface area contributed by atoms with Gasteiger partial charge in [0.2, 0.25) is 0 Å². The zero-order chi connectivity index (χ0) is 9.10. The third-order valence-corrected chi connectivity index (χ3v) is 2.05. The second kappa shape index (κ2) is 3.62. The molecule has 0 unspecified atom stereocenters. The van der Waals surface area contributed by atoms with E-state index in [-0.39, 0.29) is 12.2 Å². The molecule has 0 bridgehead atoms. The summed E-state index contributed by atoms with van der Waals surface area (Å²) in [6.45, 7) is 0. The molecule has 0 aliphatic heterocycles. The van der Waals surface area contributed by atoms with Gasteiger partial charge in [-0.1, -0.05) is 24.3 Å². The molecule has 2 atom stereocenters. The highest BCUT2D eigenvalue weighted by Gasteiger charge is 2.17. The Morgan fingerprint density at radius 3 is 2.54 bits per heavy atom. The highest BCUT2D eigenvalue weighted by molar-refractivity contribution is 5.22. The lowest BCUT2D eigenvalue weighted by Crippen LogP contribution is -2.13. The second-order valence-corrected chi connectivity index (χ2v) is 3.16. The van der Waals surface area contributed by atoms with Crippen molar-refractivity contribution in [1.82, 2.24) is 0 Å². The summed E-state index contributed by atoms with van der Waals surface area (Å²) in [7, 11) is 0. The van der Waals surface area contributed by atoms with Crippen molar-refractivity contribution in [2.24, 2.45) is 0 Å². The van der Waals surface area contributed by atoms with Crippen molar-refractivity contribution < 1.29 is 9.84 Å². The first-order valence-corrected chi connectivity index (χ1v) is 4.43. The van der Waals surface area contributed by atoms with Crippen LogP contribution in [-0.2, 0) is 0 Å². The minimum atomic E-state index is -0.339. The van der Waals surface area contributed by atoms with Crippen molar-refractivity contribution >= 4 is 0 Å². The first-order valence-electron chi connectivity index (χ1n) is 4.43. The van der Waals surface area contributed by atoms with Crippen LogP contribution >= 0.6 is 0 Å². The third kappa shape index (κ3) is 2.10. The van der Waals surface area contributed by atoms with Gasteiger partial charge in [0.05, 0.1) is 6.10 Å². The van der Waals surface area contributed by atoms with E-state index in [2.05, 4.69) is 0 Å². The molecule has 0 heterocycles. The van der Waals surface area contributed by atoms with Gasteiger partial charge in [0.1, 0.15) is 11.9 Å². The van der Waals surface area contributed by atoms with Crippen LogP contribution in [0.3, 0.4) is 0 Å². The Balaban J connectivity index is 1.96. The largest absolute Gasteiger partial charge is 0.486 e. The molecule has 0 radical (unpaired) electrons. The Hall–Kier alpha value is -1.28. The van der Waals surface area contributed by atoms with Gasteiger partial charge in [-0.15, -0.1) is 0 Å². The van der Waals surface area contributed by atoms with Crippen LogP contribution in [-0.4, -0.2) is 17.3 Å². The van der Waals surface area contributed by atoms with Crippen molar-refractivity contribution in [2.75, 3.05) is 0 Å². The van der Waals surface area contributed by atoms with Crippen molar-refractivity contribution in [1.29, 1.82) is 0 Å². The summed E-state index contributed by atoms with van der Waals surface area (Å²) in [6, 6.07) is 9.65. The molecule has 0 spiro atoms. The number of hydrogen-bond donors (Lipinski definition) is 1. The van der Waals surface area contributed by atoms with Gasteiger partial charge in [-0.05, 0) is 18.2 Å². The molecule has 68 valence electrons. The number of benzene rings is 1. The van der Waals surface area contributed by atoms with Crippen LogP contribution in [0.2, 0.25) is 0 Å². The summed E-state index contributed by atoms with van der Waals surface area (Å²) in [5.74, 6) is 0.853. The van der Waals surface area contributed by atoms with E-state index in [1.54, 1.807) is 6.08 Å². The Bertz CT molecular complexity index is 292. The number of hydrogen-bond acceptors (Lipinski definition) is 2. The zero-order valence-electron chi connectivity index (χ0n) is 7.26. The maximum Gasteiger partial charge on any atom is 0.120 e. The molecule has 0 saturated heterocycles. The summed E-state index contributed by atoms with van der Waals surface area (Å²) < 4.78 is 5.60. The zero-order valence-corrected chi connectivity index (χ0v) is 7.26. The van der Waals surface area contributed by atoms with Crippen LogP contribution in [0.4, 0.5) is 0 Å². The molecule has 0 fully saturated rings. The molecule has 2 rings (SSSR count). The van der Waals surface area contributed by atoms with E-state index in [1.165, 1.54) is 0 Å². The summed E-state index contributed by atoms with van der Waals surface area (Å²) in [4.78, 5) is 0. The standard InChI is InChI=1S/C11H12O2/c12-9-6-7-11(8-9)13-10-4-2-1-3-5-10/h1-7,9,11-12H,8H2/t9-,11+/m1/s1. The summed E-state index contributed by atoms with van der Waals surface area (Å²) in [5, 5.41) is 9.21. The summed E-state index contributed by atoms with van der Waals surface area (Å²) in [6.07, 6.45) is 4.02. The topological polar surface area (TPSA) is 29.5 Å². The molecule has 1 aliphatic rings. The Morgan fingerprint density at radius 1 is 1.15 bits per heavy atom. The lowest BCUT2D eigenvalue weighted by Gasteiger charge is -2.11. The minimum Gasteiger partial charge on any atom is -0.486 e. The average molecular weight is 176 g/mol. The number of aliphatic hydroxyl groups is 1. The minimum absolute atomic E-state index is 0.0254. The lowest BCUT2D eigenvalue weighted by molar-refractivity contribution is 0.165. The fourth-order valence-electron chi connectivity index (χ4n) is 1.41. The van der Waals surface area contributed by atoms with E-state index in [9.17, 15) is 5.11 Å². The maximum absolute atomic E-state index is 9.21. The van der Waals surface area contributed by atoms with Gasteiger partial charge in [0, 0.05) is 6.42 Å². The Morgan fingerprint density at radius 2 is 1.92 bits per heavy atom. The van der Waals surface area contributed by atoms with Crippen molar-refractivity contribution in [3.05, 3.63) is 42.5 Å². The van der Waals surface area contributed by atoms with E-state index in [0.717, 1.165) is 5.75 Å². The van der Waals surface area contributed by atoms with Gasteiger partial charge in [-0.2, -0.15) is 0 Å². The van der Waals surface area contributed by atoms with Gasteiger partial charge in [0.15, 0.2) is 0 Å². The Kier molecular flexibility index (Phi) is 2.32. The normalized spacial score (nSPS) is 26.2. The number of para-hydroxylation sites is 1. The first kappa shape index (κ1) is 8.32. The molecular weight excluding hydrogens is 164 g/mol. The molecule has 1 aromatic rings. The smallest absolute Gasteiger partial charge is 0.120 e. The fraction of sp³-hybridized carbons (Fsp3) is 0.273. The van der Waals surface area contributed by atoms with E-state index in [4.69, 9.17) is 4.74 Å². The first-order chi connectivity index (χ1) is 6.34. The molecule has 1 aliphatic carbocycles. The van der Waals surface area contributed by atoms with Crippen LogP contribution < -0.4 is 4.74 Å². The van der Waals surface area contributed by atoms with E-state index in [1.807, 2.05) is 36.4 Å². The SMILES string of the molecule is O[C@@H]1C=C[C@H](Oc2ccccc2)C1. The summed E-state index contributed by atoms with van der Waals surface area (Å²) in [5.41, 5.74) is 0. The molecule has 0 amide bonds. The summed E-state index contributed by atoms with van der Waals surface area (Å²) >= 11 is 0. The average Bonchev–Trinajstić information content (AvgIpc) is 2.53. The fourth-order valence-corrected chi connectivity index (χ4v) is 1.41. The van der Waals surface area contributed by atoms with E-state index in [0.29, 0.717) is 6.42 Å². The van der Waals surface area contributed by atoms with E-state index < -0.39 is 0 Å². The molecule has 0 aromatic heterocycles. The van der Waals surface area contributed by atoms with Crippen molar-refractivity contribution in [3.63, 3.8) is 0 Å². The Labute approximate surface area is 77.5 Å². The van der Waals surface area contributed by atoms with Gasteiger partial charge in [0.25, 0.3) is 0 Å². The number of rotatable bonds is 2. The second-order valence-electron chi connectivity index (χ2n) is 3.16. The molecule has 0 saturated carbocycles.